The summed E-state index contributed by atoms with van der Waals surface area (Å²) < 4.78 is 5.66. The van der Waals surface area contributed by atoms with E-state index >= 15 is 0 Å². The number of hydrogen-bond donors (Lipinski definition) is 0. The summed E-state index contributed by atoms with van der Waals surface area (Å²) in [6.07, 6.45) is 4.84. The Morgan fingerprint density at radius 3 is 2.72 bits per heavy atom. The number of hydrogen-bond acceptors (Lipinski definition) is 3. The van der Waals surface area contributed by atoms with Gasteiger partial charge in [0.2, 0.25) is 0 Å². The maximum Gasteiger partial charge on any atom is 0.310 e. The summed E-state index contributed by atoms with van der Waals surface area (Å²) in [5.74, 6) is 0.945. The fourth-order valence-electron chi connectivity index (χ4n) is 2.29. The molecule has 2 rings (SSSR count). The van der Waals surface area contributed by atoms with E-state index in [1.165, 1.54) is 31.7 Å². The van der Waals surface area contributed by atoms with E-state index in [0.29, 0.717) is 23.6 Å². The lowest BCUT2D eigenvalue weighted by Crippen LogP contribution is -2.09. The Morgan fingerprint density at radius 2 is 2.11 bits per heavy atom. The van der Waals surface area contributed by atoms with Crippen LogP contribution in [0.2, 0.25) is 0 Å². The summed E-state index contributed by atoms with van der Waals surface area (Å²) in [5.41, 5.74) is 1.04. The van der Waals surface area contributed by atoms with Crippen molar-refractivity contribution in [2.24, 2.45) is 5.92 Å². The Bertz CT molecular complexity index is 430. The minimum absolute atomic E-state index is 0.0534. The molecule has 0 N–H and O–H groups in total. The Morgan fingerprint density at radius 1 is 1.39 bits per heavy atom. The van der Waals surface area contributed by atoms with E-state index in [0.717, 1.165) is 5.56 Å². The number of benzene rings is 1. The molecule has 5 heteroatoms. The van der Waals surface area contributed by atoms with Crippen molar-refractivity contribution in [3.63, 3.8) is 0 Å². The van der Waals surface area contributed by atoms with E-state index < -0.39 is 0 Å². The van der Waals surface area contributed by atoms with Crippen LogP contribution in [0, 0.1) is 16.0 Å². The van der Waals surface area contributed by atoms with Crippen molar-refractivity contribution in [1.82, 2.24) is 0 Å². The van der Waals surface area contributed by atoms with Crippen LogP contribution in [0.5, 0.6) is 5.75 Å². The van der Waals surface area contributed by atoms with E-state index in [4.69, 9.17) is 4.74 Å². The van der Waals surface area contributed by atoms with Crippen LogP contribution in [0.4, 0.5) is 5.69 Å². The predicted molar refractivity (Wildman–Crippen MR) is 73.2 cm³/mol. The van der Waals surface area contributed by atoms with Crippen LogP contribution >= 0.6 is 15.9 Å². The average molecular weight is 314 g/mol. The van der Waals surface area contributed by atoms with Crippen molar-refractivity contribution in [3.05, 3.63) is 33.9 Å². The molecular weight excluding hydrogens is 298 g/mol. The van der Waals surface area contributed by atoms with E-state index in [2.05, 4.69) is 15.9 Å². The fourth-order valence-corrected chi connectivity index (χ4v) is 2.64. The molecule has 18 heavy (non-hydrogen) atoms. The number of rotatable bonds is 5. The molecule has 0 atom stereocenters. The van der Waals surface area contributed by atoms with Crippen LogP contribution in [0.25, 0.3) is 0 Å². The molecule has 0 spiro atoms. The van der Waals surface area contributed by atoms with Crippen molar-refractivity contribution in [1.29, 1.82) is 0 Å². The first kappa shape index (κ1) is 13.3. The SMILES string of the molecule is O=[N+]([O-])c1ccc(CBr)cc1OCC1CCCC1. The molecule has 0 heterocycles. The summed E-state index contributed by atoms with van der Waals surface area (Å²) in [7, 11) is 0. The molecule has 1 saturated carbocycles. The normalized spacial score (nSPS) is 15.8. The highest BCUT2D eigenvalue weighted by Crippen LogP contribution is 2.31. The van der Waals surface area contributed by atoms with E-state index in [1.807, 2.05) is 0 Å². The summed E-state index contributed by atoms with van der Waals surface area (Å²) in [4.78, 5) is 10.5. The van der Waals surface area contributed by atoms with E-state index in [9.17, 15) is 10.1 Å². The highest BCUT2D eigenvalue weighted by atomic mass is 79.9. The molecule has 1 aromatic rings. The average Bonchev–Trinajstić information content (AvgIpc) is 2.88. The van der Waals surface area contributed by atoms with Crippen molar-refractivity contribution >= 4 is 21.6 Å². The molecule has 1 aliphatic carbocycles. The lowest BCUT2D eigenvalue weighted by Gasteiger charge is -2.12. The molecule has 1 aromatic carbocycles. The highest BCUT2D eigenvalue weighted by molar-refractivity contribution is 9.08. The van der Waals surface area contributed by atoms with Crippen molar-refractivity contribution in [2.75, 3.05) is 6.61 Å². The van der Waals surface area contributed by atoms with Gasteiger partial charge in [-0.1, -0.05) is 34.8 Å². The topological polar surface area (TPSA) is 52.4 Å². The zero-order valence-corrected chi connectivity index (χ0v) is 11.7. The van der Waals surface area contributed by atoms with Gasteiger partial charge in [0.05, 0.1) is 11.5 Å². The molecular formula is C13H16BrNO3. The van der Waals surface area contributed by atoms with Gasteiger partial charge in [0.25, 0.3) is 0 Å². The van der Waals surface area contributed by atoms with Crippen LogP contribution in [0.1, 0.15) is 31.2 Å². The third-order valence-electron chi connectivity index (χ3n) is 3.32. The van der Waals surface area contributed by atoms with E-state index in [-0.39, 0.29) is 10.6 Å². The quantitative estimate of drug-likeness (QED) is 0.468. The molecule has 0 aliphatic heterocycles. The lowest BCUT2D eigenvalue weighted by atomic mass is 10.1. The van der Waals surface area contributed by atoms with Crippen molar-refractivity contribution in [3.8, 4) is 5.75 Å². The molecule has 0 bridgehead atoms. The van der Waals surface area contributed by atoms with Gasteiger partial charge in [-0.05, 0) is 30.4 Å². The van der Waals surface area contributed by atoms with Gasteiger partial charge in [-0.15, -0.1) is 0 Å². The Labute approximate surface area is 115 Å². The molecule has 1 fully saturated rings. The predicted octanol–water partition coefficient (Wildman–Crippen LogP) is 4.06. The number of ether oxygens (including phenoxy) is 1. The van der Waals surface area contributed by atoms with Crippen LogP contribution < -0.4 is 4.74 Å². The van der Waals surface area contributed by atoms with Crippen molar-refractivity contribution < 1.29 is 9.66 Å². The number of nitrogens with zero attached hydrogens (tertiary/aromatic N) is 1. The molecule has 0 amide bonds. The van der Waals surface area contributed by atoms with Crippen molar-refractivity contribution in [2.45, 2.75) is 31.0 Å². The maximum absolute atomic E-state index is 10.9. The third-order valence-corrected chi connectivity index (χ3v) is 3.97. The van der Waals surface area contributed by atoms with Gasteiger partial charge in [0, 0.05) is 11.4 Å². The van der Waals surface area contributed by atoms with Crippen LogP contribution in [0.15, 0.2) is 18.2 Å². The Kier molecular flexibility index (Phi) is 4.58. The second-order valence-corrected chi connectivity index (χ2v) is 5.22. The minimum atomic E-state index is -0.387. The smallest absolute Gasteiger partial charge is 0.310 e. The van der Waals surface area contributed by atoms with Gasteiger partial charge in [-0.3, -0.25) is 10.1 Å². The van der Waals surface area contributed by atoms with Gasteiger partial charge in [-0.2, -0.15) is 0 Å². The third kappa shape index (κ3) is 3.22. The monoisotopic (exact) mass is 313 g/mol. The lowest BCUT2D eigenvalue weighted by molar-refractivity contribution is -0.385. The fraction of sp³-hybridized carbons (Fsp3) is 0.538. The summed E-state index contributed by atoms with van der Waals surface area (Å²) >= 11 is 3.35. The summed E-state index contributed by atoms with van der Waals surface area (Å²) in [5, 5.41) is 11.6. The Hall–Kier alpha value is -1.10. The first-order valence-corrected chi connectivity index (χ1v) is 7.29. The summed E-state index contributed by atoms with van der Waals surface area (Å²) in [6, 6.07) is 5.01. The number of halogens is 1. The molecule has 0 unspecified atom stereocenters. The van der Waals surface area contributed by atoms with Crippen LogP contribution in [-0.4, -0.2) is 11.5 Å². The first-order chi connectivity index (χ1) is 8.70. The first-order valence-electron chi connectivity index (χ1n) is 6.17. The van der Waals surface area contributed by atoms with Gasteiger partial charge in [-0.25, -0.2) is 0 Å². The minimum Gasteiger partial charge on any atom is -0.487 e. The standard InChI is InChI=1S/C13H16BrNO3/c14-8-11-5-6-12(15(16)17)13(7-11)18-9-10-3-1-2-4-10/h5-7,10H,1-4,8-9H2. The zero-order valence-electron chi connectivity index (χ0n) is 10.1. The second-order valence-electron chi connectivity index (χ2n) is 4.65. The van der Waals surface area contributed by atoms with Gasteiger partial charge >= 0.3 is 5.69 Å². The molecule has 0 aromatic heterocycles. The number of nitro benzene ring substituents is 1. The number of nitro groups is 1. The Balaban J connectivity index is 2.10. The molecule has 0 saturated heterocycles. The maximum atomic E-state index is 10.9. The molecule has 4 nitrogen and oxygen atoms in total. The largest absolute Gasteiger partial charge is 0.487 e. The molecule has 1 aliphatic rings. The van der Waals surface area contributed by atoms with Gasteiger partial charge in [0.1, 0.15) is 0 Å². The summed E-state index contributed by atoms with van der Waals surface area (Å²) in [6.45, 7) is 0.590. The highest BCUT2D eigenvalue weighted by Gasteiger charge is 2.19. The van der Waals surface area contributed by atoms with Crippen LogP contribution in [0.3, 0.4) is 0 Å². The second kappa shape index (κ2) is 6.18. The zero-order chi connectivity index (χ0) is 13.0. The molecule has 0 radical (unpaired) electrons. The molecule has 98 valence electrons. The number of alkyl halides is 1. The van der Waals surface area contributed by atoms with Gasteiger partial charge < -0.3 is 4.74 Å². The van der Waals surface area contributed by atoms with Crippen LogP contribution in [-0.2, 0) is 5.33 Å². The van der Waals surface area contributed by atoms with Gasteiger partial charge in [0.15, 0.2) is 5.75 Å². The van der Waals surface area contributed by atoms with E-state index in [1.54, 1.807) is 12.1 Å².